The Morgan fingerprint density at radius 1 is 0.922 bits per heavy atom. The lowest BCUT2D eigenvalue weighted by Crippen LogP contribution is -2.53. The number of hydrogen-bond acceptors (Lipinski definition) is 11. The summed E-state index contributed by atoms with van der Waals surface area (Å²) in [6.45, 7) is 14.5. The molecule has 0 aliphatic carbocycles. The van der Waals surface area contributed by atoms with Crippen LogP contribution in [0.1, 0.15) is 44.9 Å². The van der Waals surface area contributed by atoms with Crippen LogP contribution in [0.2, 0.25) is 5.02 Å². The molecule has 0 unspecified atom stereocenters. The van der Waals surface area contributed by atoms with Gasteiger partial charge < -0.3 is 39.8 Å². The highest BCUT2D eigenvalue weighted by molar-refractivity contribution is 7.70. The summed E-state index contributed by atoms with van der Waals surface area (Å²) in [5.41, 5.74) is 2.63. The molecule has 3 N–H and O–H groups in total. The number of anilines is 5. The summed E-state index contributed by atoms with van der Waals surface area (Å²) in [7, 11) is -0.835. The van der Waals surface area contributed by atoms with Crippen LogP contribution in [-0.4, -0.2) is 118 Å². The molecule has 0 bridgehead atoms. The highest BCUT2D eigenvalue weighted by Crippen LogP contribution is 2.39. The van der Waals surface area contributed by atoms with E-state index in [1.807, 2.05) is 30.3 Å². The van der Waals surface area contributed by atoms with Crippen LogP contribution in [0.5, 0.6) is 5.75 Å². The number of aromatic nitrogens is 2. The zero-order valence-electron chi connectivity index (χ0n) is 30.6. The van der Waals surface area contributed by atoms with Crippen LogP contribution in [0.25, 0.3) is 0 Å². The Balaban J connectivity index is 0.939. The molecule has 4 heterocycles. The lowest BCUT2D eigenvalue weighted by atomic mass is 10.0. The van der Waals surface area contributed by atoms with E-state index in [-0.39, 0.29) is 0 Å². The zero-order valence-corrected chi connectivity index (χ0v) is 32.2. The minimum Gasteiger partial charge on any atom is -0.494 e. The Labute approximate surface area is 309 Å². The first kappa shape index (κ1) is 37.8. The quantitative estimate of drug-likeness (QED) is 0.106. The van der Waals surface area contributed by atoms with Gasteiger partial charge in [0.25, 0.3) is 0 Å². The standard InChI is InChI=1S/C38H56ClN8O3P/c1-49-35-25-30(13-14-33(35)43-38-41-28-32(39)37(44-38)42-34-11-7-8-12-36(34)51(2,3)48)46-18-15-29(16-19-46)47-22-20-45(21-23-47)17-9-5-4-6-10-24-50-31-26-40-27-31/h7-8,11-14,25,28-29,31,40H,4-6,9-10,15-24,26-27H2,1-3H3,(H2,41,42,43,44). The van der Waals surface area contributed by atoms with E-state index in [0.29, 0.717) is 34.6 Å². The van der Waals surface area contributed by atoms with E-state index in [0.717, 1.165) is 55.2 Å². The summed E-state index contributed by atoms with van der Waals surface area (Å²) < 4.78 is 24.5. The maximum atomic E-state index is 12.9. The van der Waals surface area contributed by atoms with Crippen molar-refractivity contribution in [1.82, 2.24) is 25.1 Å². The number of benzene rings is 2. The lowest BCUT2D eigenvalue weighted by molar-refractivity contribution is 0.0169. The van der Waals surface area contributed by atoms with Crippen molar-refractivity contribution in [2.45, 2.75) is 57.1 Å². The van der Waals surface area contributed by atoms with Crippen LogP contribution in [0.15, 0.2) is 48.7 Å². The predicted octanol–water partition coefficient (Wildman–Crippen LogP) is 6.40. The van der Waals surface area contributed by atoms with Gasteiger partial charge in [0.2, 0.25) is 5.95 Å². The van der Waals surface area contributed by atoms with Gasteiger partial charge >= 0.3 is 0 Å². The van der Waals surface area contributed by atoms with E-state index in [1.165, 1.54) is 77.7 Å². The first-order chi connectivity index (χ1) is 24.8. The average Bonchev–Trinajstić information content (AvgIpc) is 3.12. The molecule has 6 rings (SSSR count). The number of nitrogens with one attached hydrogen (secondary N) is 3. The Bertz CT molecular complexity index is 1610. The second-order valence-corrected chi connectivity index (χ2v) is 18.0. The number of ether oxygens (including phenoxy) is 2. The summed E-state index contributed by atoms with van der Waals surface area (Å²) in [6, 6.07) is 14.4. The summed E-state index contributed by atoms with van der Waals surface area (Å²) >= 11 is 6.47. The summed E-state index contributed by atoms with van der Waals surface area (Å²) in [5, 5.41) is 10.9. The maximum Gasteiger partial charge on any atom is 0.229 e. The van der Waals surface area contributed by atoms with Crippen LogP contribution in [0, 0.1) is 0 Å². The second-order valence-electron chi connectivity index (χ2n) is 14.4. The third kappa shape index (κ3) is 10.6. The molecule has 1 aromatic heterocycles. The summed E-state index contributed by atoms with van der Waals surface area (Å²) in [4.78, 5) is 16.9. The van der Waals surface area contributed by atoms with Gasteiger partial charge in [0.1, 0.15) is 17.9 Å². The smallest absolute Gasteiger partial charge is 0.229 e. The summed E-state index contributed by atoms with van der Waals surface area (Å²) in [5.74, 6) is 1.53. The van der Waals surface area contributed by atoms with Crippen LogP contribution < -0.4 is 30.9 Å². The molecule has 0 spiro atoms. The van der Waals surface area contributed by atoms with Gasteiger partial charge in [0.15, 0.2) is 5.82 Å². The molecule has 3 saturated heterocycles. The molecule has 11 nitrogen and oxygen atoms in total. The fourth-order valence-corrected chi connectivity index (χ4v) is 8.52. The Kier molecular flexibility index (Phi) is 13.5. The molecule has 3 fully saturated rings. The van der Waals surface area contributed by atoms with Crippen molar-refractivity contribution in [2.24, 2.45) is 0 Å². The van der Waals surface area contributed by atoms with Gasteiger partial charge in [0, 0.05) is 82.1 Å². The predicted molar refractivity (Wildman–Crippen MR) is 211 cm³/mol. The van der Waals surface area contributed by atoms with Crippen molar-refractivity contribution in [3.05, 3.63) is 53.7 Å². The first-order valence-corrected chi connectivity index (χ1v) is 21.7. The third-order valence-corrected chi connectivity index (χ3v) is 12.2. The van der Waals surface area contributed by atoms with Gasteiger partial charge in [-0.25, -0.2) is 4.98 Å². The number of piperazine rings is 1. The number of unbranched alkanes of at least 4 members (excludes halogenated alkanes) is 4. The fraction of sp³-hybridized carbons (Fsp3) is 0.579. The van der Waals surface area contributed by atoms with Crippen molar-refractivity contribution in [3.8, 4) is 5.75 Å². The molecule has 0 radical (unpaired) electrons. The monoisotopic (exact) mass is 738 g/mol. The van der Waals surface area contributed by atoms with E-state index in [9.17, 15) is 4.57 Å². The molecule has 0 amide bonds. The number of piperidine rings is 1. The van der Waals surface area contributed by atoms with Crippen LogP contribution >= 0.6 is 18.7 Å². The molecule has 0 saturated carbocycles. The van der Waals surface area contributed by atoms with Crippen molar-refractivity contribution >= 4 is 52.9 Å². The number of rotatable bonds is 17. The van der Waals surface area contributed by atoms with Crippen LogP contribution in [0.4, 0.5) is 28.8 Å². The average molecular weight is 739 g/mol. The minimum atomic E-state index is -2.52. The van der Waals surface area contributed by atoms with E-state index < -0.39 is 7.14 Å². The van der Waals surface area contributed by atoms with Crippen LogP contribution in [-0.2, 0) is 9.30 Å². The van der Waals surface area contributed by atoms with E-state index >= 15 is 0 Å². The molecular formula is C38H56ClN8O3P. The van der Waals surface area contributed by atoms with E-state index in [1.54, 1.807) is 26.6 Å². The minimum absolute atomic E-state index is 0.366. The molecule has 3 aliphatic heterocycles. The normalized spacial score (nSPS) is 18.1. The van der Waals surface area contributed by atoms with E-state index in [4.69, 9.17) is 21.1 Å². The first-order valence-electron chi connectivity index (χ1n) is 18.7. The number of methoxy groups -OCH3 is 1. The number of nitrogens with zero attached hydrogens (tertiary/aromatic N) is 5. The molecular weight excluding hydrogens is 683 g/mol. The van der Waals surface area contributed by atoms with Gasteiger partial charge in [-0.15, -0.1) is 0 Å². The SMILES string of the molecule is COc1cc(N2CCC(N3CCN(CCCCCCCOC4CNC4)CC3)CC2)ccc1Nc1ncc(Cl)c(Nc2ccccc2P(C)(C)=O)n1. The Morgan fingerprint density at radius 3 is 2.39 bits per heavy atom. The van der Waals surface area contributed by atoms with E-state index in [2.05, 4.69) is 52.8 Å². The van der Waals surface area contributed by atoms with Gasteiger partial charge in [-0.1, -0.05) is 43.0 Å². The van der Waals surface area contributed by atoms with Gasteiger partial charge in [0.05, 0.1) is 30.8 Å². The Hall–Kier alpha value is -2.92. The zero-order chi connectivity index (χ0) is 35.6. The highest BCUT2D eigenvalue weighted by atomic mass is 35.5. The molecule has 2 aromatic carbocycles. The van der Waals surface area contributed by atoms with Crippen molar-refractivity contribution in [3.63, 3.8) is 0 Å². The van der Waals surface area contributed by atoms with Gasteiger partial charge in [-0.3, -0.25) is 4.90 Å². The number of hydrogen-bond donors (Lipinski definition) is 3. The largest absolute Gasteiger partial charge is 0.494 e. The van der Waals surface area contributed by atoms with Crippen molar-refractivity contribution in [2.75, 3.05) is 101 Å². The van der Waals surface area contributed by atoms with Gasteiger partial charge in [-0.2, -0.15) is 4.98 Å². The fourth-order valence-electron chi connectivity index (χ4n) is 7.23. The molecule has 13 heteroatoms. The molecule has 51 heavy (non-hydrogen) atoms. The summed E-state index contributed by atoms with van der Waals surface area (Å²) in [6.07, 6.45) is 10.8. The molecule has 3 aliphatic rings. The molecule has 0 atom stereocenters. The number of para-hydroxylation sites is 1. The van der Waals surface area contributed by atoms with Gasteiger partial charge in [-0.05, 0) is 69.8 Å². The third-order valence-electron chi connectivity index (χ3n) is 10.4. The number of halogens is 1. The maximum absolute atomic E-state index is 12.9. The molecule has 278 valence electrons. The lowest BCUT2D eigenvalue weighted by Gasteiger charge is -2.43. The highest BCUT2D eigenvalue weighted by Gasteiger charge is 2.28. The molecule has 3 aromatic rings. The Morgan fingerprint density at radius 2 is 1.67 bits per heavy atom. The van der Waals surface area contributed by atoms with Crippen LogP contribution in [0.3, 0.4) is 0 Å². The second kappa shape index (κ2) is 18.2. The van der Waals surface area contributed by atoms with Crippen molar-refractivity contribution < 1.29 is 14.0 Å². The van der Waals surface area contributed by atoms with Crippen molar-refractivity contribution in [1.29, 1.82) is 0 Å². The topological polar surface area (TPSA) is 107 Å².